The Bertz CT molecular complexity index is 1180. The van der Waals surface area contributed by atoms with E-state index >= 15 is 0 Å². The molecule has 0 fully saturated rings. The zero-order chi connectivity index (χ0) is 27.2. The number of nitrogens with one attached hydrogen (secondary N) is 1. The third-order valence-corrected chi connectivity index (χ3v) is 6.60. The highest BCUT2D eigenvalue weighted by molar-refractivity contribution is 6.30. The topological polar surface area (TPSA) is 67.2 Å². The van der Waals surface area contributed by atoms with E-state index in [-0.39, 0.29) is 29.7 Å². The normalized spacial score (nSPS) is 12.4. The van der Waals surface area contributed by atoms with Gasteiger partial charge in [-0.05, 0) is 48.6 Å². The number of hydrogen-bond donors (Lipinski definition) is 1. The molecule has 2 amide bonds. The van der Waals surface area contributed by atoms with Gasteiger partial charge in [-0.25, -0.2) is 4.68 Å². The lowest BCUT2D eigenvalue weighted by Gasteiger charge is -2.27. The molecule has 7 heteroatoms. The van der Waals surface area contributed by atoms with E-state index in [1.807, 2.05) is 55.5 Å². The monoisotopic (exact) mass is 522 g/mol. The largest absolute Gasteiger partial charge is 0.333 e. The molecule has 0 aliphatic rings. The van der Waals surface area contributed by atoms with Gasteiger partial charge >= 0.3 is 0 Å². The van der Waals surface area contributed by atoms with Crippen molar-refractivity contribution in [1.82, 2.24) is 14.7 Å². The quantitative estimate of drug-likeness (QED) is 0.317. The van der Waals surface area contributed by atoms with Crippen molar-refractivity contribution in [1.29, 1.82) is 0 Å². The molecule has 0 bridgehead atoms. The number of carbonyl (C=O) groups excluding carboxylic acids is 2. The minimum atomic E-state index is -0.284. The third-order valence-electron chi connectivity index (χ3n) is 6.35. The van der Waals surface area contributed by atoms with E-state index in [2.05, 4.69) is 39.9 Å². The summed E-state index contributed by atoms with van der Waals surface area (Å²) in [4.78, 5) is 28.7. The summed E-state index contributed by atoms with van der Waals surface area (Å²) >= 11 is 6.08. The molecule has 0 aliphatic heterocycles. The van der Waals surface area contributed by atoms with Gasteiger partial charge in [-0.3, -0.25) is 9.59 Å². The summed E-state index contributed by atoms with van der Waals surface area (Å²) in [5.41, 5.74) is 2.40. The molecule has 1 heterocycles. The lowest BCUT2D eigenvalue weighted by atomic mass is 9.92. The number of benzene rings is 2. The van der Waals surface area contributed by atoms with Gasteiger partial charge in [0, 0.05) is 23.0 Å². The van der Waals surface area contributed by atoms with Crippen molar-refractivity contribution in [3.63, 3.8) is 0 Å². The second kappa shape index (κ2) is 12.4. The van der Waals surface area contributed by atoms with Crippen LogP contribution in [0.15, 0.2) is 60.7 Å². The lowest BCUT2D eigenvalue weighted by Crippen LogP contribution is -2.41. The zero-order valence-electron chi connectivity index (χ0n) is 22.8. The predicted molar refractivity (Wildman–Crippen MR) is 151 cm³/mol. The SMILES string of the molecule is CCC(C(=O)N(CCC(C)C)CC(=O)Nc1cc(C(C)(C)C)nn1-c1ccc(Cl)cc1)c1ccccc1. The Morgan fingerprint density at radius 1 is 1.05 bits per heavy atom. The molecule has 198 valence electrons. The van der Waals surface area contributed by atoms with E-state index in [0.29, 0.717) is 29.7 Å². The standard InChI is InChI=1S/C30H39ClN4O2/c1-7-25(22-11-9-8-10-12-22)29(37)34(18-17-21(2)3)20-28(36)32-27-19-26(30(4,5)6)33-35(27)24-15-13-23(31)14-16-24/h8-16,19,21,25H,7,17-18,20H2,1-6H3,(H,32,36). The van der Waals surface area contributed by atoms with Crippen molar-refractivity contribution in [2.24, 2.45) is 5.92 Å². The number of aromatic nitrogens is 2. The molecule has 0 saturated heterocycles. The maximum atomic E-state index is 13.6. The van der Waals surface area contributed by atoms with Gasteiger partial charge in [0.15, 0.2) is 0 Å². The van der Waals surface area contributed by atoms with Crippen molar-refractivity contribution in [2.75, 3.05) is 18.4 Å². The van der Waals surface area contributed by atoms with E-state index in [1.54, 1.807) is 21.7 Å². The maximum Gasteiger partial charge on any atom is 0.245 e. The Kier molecular flexibility index (Phi) is 9.55. The highest BCUT2D eigenvalue weighted by Crippen LogP contribution is 2.27. The molecule has 1 atom stereocenters. The summed E-state index contributed by atoms with van der Waals surface area (Å²) in [6, 6.07) is 19.0. The van der Waals surface area contributed by atoms with Gasteiger partial charge in [0.25, 0.3) is 0 Å². The highest BCUT2D eigenvalue weighted by Gasteiger charge is 2.27. The van der Waals surface area contributed by atoms with Crippen molar-refractivity contribution in [3.8, 4) is 5.69 Å². The Hall–Kier alpha value is -3.12. The maximum absolute atomic E-state index is 13.6. The first-order chi connectivity index (χ1) is 17.5. The minimum Gasteiger partial charge on any atom is -0.333 e. The fraction of sp³-hybridized carbons (Fsp3) is 0.433. The Balaban J connectivity index is 1.86. The van der Waals surface area contributed by atoms with E-state index in [9.17, 15) is 9.59 Å². The molecule has 3 rings (SSSR count). The van der Waals surface area contributed by atoms with Crippen LogP contribution in [-0.2, 0) is 15.0 Å². The average Bonchev–Trinajstić information content (AvgIpc) is 3.27. The van der Waals surface area contributed by atoms with Crippen LogP contribution in [0.3, 0.4) is 0 Å². The lowest BCUT2D eigenvalue weighted by molar-refractivity contribution is -0.136. The number of hydrogen-bond acceptors (Lipinski definition) is 3. The fourth-order valence-corrected chi connectivity index (χ4v) is 4.24. The summed E-state index contributed by atoms with van der Waals surface area (Å²) < 4.78 is 1.72. The Morgan fingerprint density at radius 3 is 2.27 bits per heavy atom. The molecule has 1 aromatic heterocycles. The Labute approximate surface area is 226 Å². The minimum absolute atomic E-state index is 0.0221. The van der Waals surface area contributed by atoms with Crippen LogP contribution in [0.1, 0.15) is 71.6 Å². The zero-order valence-corrected chi connectivity index (χ0v) is 23.5. The van der Waals surface area contributed by atoms with Gasteiger partial charge in [0.05, 0.1) is 23.8 Å². The molecule has 0 spiro atoms. The number of carbonyl (C=O) groups is 2. The average molecular weight is 523 g/mol. The van der Waals surface area contributed by atoms with E-state index in [0.717, 1.165) is 23.4 Å². The van der Waals surface area contributed by atoms with E-state index in [4.69, 9.17) is 16.7 Å². The van der Waals surface area contributed by atoms with Gasteiger partial charge in [0.2, 0.25) is 11.8 Å². The number of rotatable bonds is 10. The van der Waals surface area contributed by atoms with Gasteiger partial charge < -0.3 is 10.2 Å². The second-order valence-corrected chi connectivity index (χ2v) is 11.4. The number of anilines is 1. The first-order valence-corrected chi connectivity index (χ1v) is 13.4. The van der Waals surface area contributed by atoms with E-state index in [1.165, 1.54) is 0 Å². The molecule has 1 unspecified atom stereocenters. The second-order valence-electron chi connectivity index (χ2n) is 10.9. The van der Waals surface area contributed by atoms with Crippen molar-refractivity contribution in [2.45, 2.75) is 65.7 Å². The molecule has 3 aromatic rings. The van der Waals surface area contributed by atoms with Crippen molar-refractivity contribution in [3.05, 3.63) is 76.9 Å². The number of halogens is 1. The number of nitrogens with zero attached hydrogens (tertiary/aromatic N) is 3. The van der Waals surface area contributed by atoms with Crippen molar-refractivity contribution < 1.29 is 9.59 Å². The molecule has 0 radical (unpaired) electrons. The molecule has 2 aromatic carbocycles. The van der Waals surface area contributed by atoms with Crippen LogP contribution in [-0.4, -0.2) is 39.6 Å². The van der Waals surface area contributed by atoms with Crippen LogP contribution in [0.5, 0.6) is 0 Å². The number of amides is 2. The summed E-state index contributed by atoms with van der Waals surface area (Å²) in [5.74, 6) is 0.411. The van der Waals surface area contributed by atoms with Crippen LogP contribution in [0, 0.1) is 5.92 Å². The fourth-order valence-electron chi connectivity index (χ4n) is 4.11. The summed E-state index contributed by atoms with van der Waals surface area (Å²) in [5, 5.41) is 8.41. The predicted octanol–water partition coefficient (Wildman–Crippen LogP) is 6.83. The van der Waals surface area contributed by atoms with Gasteiger partial charge in [-0.1, -0.05) is 83.5 Å². The van der Waals surface area contributed by atoms with Gasteiger partial charge in [-0.2, -0.15) is 5.10 Å². The van der Waals surface area contributed by atoms with Crippen LogP contribution in [0.4, 0.5) is 5.82 Å². The molecule has 6 nitrogen and oxygen atoms in total. The van der Waals surface area contributed by atoms with E-state index < -0.39 is 0 Å². The smallest absolute Gasteiger partial charge is 0.245 e. The molecule has 1 N–H and O–H groups in total. The first-order valence-electron chi connectivity index (χ1n) is 13.0. The summed E-state index contributed by atoms with van der Waals surface area (Å²) in [6.45, 7) is 13.0. The van der Waals surface area contributed by atoms with Crippen LogP contribution in [0.25, 0.3) is 5.69 Å². The van der Waals surface area contributed by atoms with Crippen LogP contribution < -0.4 is 5.32 Å². The third kappa shape index (κ3) is 7.68. The van der Waals surface area contributed by atoms with Crippen LogP contribution >= 0.6 is 11.6 Å². The molecule has 37 heavy (non-hydrogen) atoms. The summed E-state index contributed by atoms with van der Waals surface area (Å²) in [6.07, 6.45) is 1.49. The molecular formula is C30H39ClN4O2. The van der Waals surface area contributed by atoms with Gasteiger partial charge in [0.1, 0.15) is 5.82 Å². The van der Waals surface area contributed by atoms with Crippen LogP contribution in [0.2, 0.25) is 5.02 Å². The summed E-state index contributed by atoms with van der Waals surface area (Å²) in [7, 11) is 0. The molecule has 0 saturated carbocycles. The highest BCUT2D eigenvalue weighted by atomic mass is 35.5. The Morgan fingerprint density at radius 2 is 1.70 bits per heavy atom. The van der Waals surface area contributed by atoms with Crippen molar-refractivity contribution >= 4 is 29.2 Å². The first kappa shape index (κ1) is 28.5. The molecule has 0 aliphatic carbocycles. The van der Waals surface area contributed by atoms with Gasteiger partial charge in [-0.15, -0.1) is 0 Å². The molecular weight excluding hydrogens is 484 g/mol.